The van der Waals surface area contributed by atoms with E-state index in [2.05, 4.69) is 5.32 Å². The molecule has 1 saturated carbocycles. The summed E-state index contributed by atoms with van der Waals surface area (Å²) in [5.41, 5.74) is 0.201. The highest BCUT2D eigenvalue weighted by molar-refractivity contribution is 6.34. The Labute approximate surface area is 139 Å². The number of nitrogens with one attached hydrogen (secondary N) is 1. The standard InChI is InChI=1S/C16H19ClN2O4/c1-16(2)11(12(16)15(22)23)13(20)18-8-5-6-9(10(17)7-8)14(21)19(3)4/h5-7,11-12H,1-4H3,(H,18,20)(H,22,23). The predicted octanol–water partition coefficient (Wildman–Crippen LogP) is 2.34. The van der Waals surface area contributed by atoms with Crippen LogP contribution >= 0.6 is 11.6 Å². The highest BCUT2D eigenvalue weighted by atomic mass is 35.5. The third kappa shape index (κ3) is 3.17. The first-order valence-corrected chi connectivity index (χ1v) is 7.50. The Morgan fingerprint density at radius 1 is 1.22 bits per heavy atom. The number of amides is 2. The van der Waals surface area contributed by atoms with Crippen LogP contribution in [0.25, 0.3) is 0 Å². The normalized spacial score (nSPS) is 21.4. The smallest absolute Gasteiger partial charge is 0.307 e. The van der Waals surface area contributed by atoms with Gasteiger partial charge in [-0.3, -0.25) is 14.4 Å². The third-order valence-electron chi connectivity index (χ3n) is 4.25. The molecule has 0 heterocycles. The molecule has 0 spiro atoms. The molecule has 1 aliphatic carbocycles. The number of rotatable bonds is 4. The maximum Gasteiger partial charge on any atom is 0.307 e. The molecule has 6 nitrogen and oxygen atoms in total. The van der Waals surface area contributed by atoms with Crippen LogP contribution in [0.2, 0.25) is 5.02 Å². The van der Waals surface area contributed by atoms with Crippen molar-refractivity contribution in [3.63, 3.8) is 0 Å². The molecule has 1 aromatic rings. The van der Waals surface area contributed by atoms with Crippen LogP contribution in [0.1, 0.15) is 24.2 Å². The molecular formula is C16H19ClN2O4. The molecule has 2 unspecified atom stereocenters. The van der Waals surface area contributed by atoms with Gasteiger partial charge < -0.3 is 15.3 Å². The second-order valence-electron chi connectivity index (χ2n) is 6.50. The number of carboxylic acid groups (broad SMARTS) is 1. The number of anilines is 1. The van der Waals surface area contributed by atoms with Crippen LogP contribution in [0, 0.1) is 17.3 Å². The molecule has 2 amide bonds. The number of halogens is 1. The number of benzene rings is 1. The Morgan fingerprint density at radius 3 is 2.26 bits per heavy atom. The number of hydrogen-bond donors (Lipinski definition) is 2. The maximum atomic E-state index is 12.3. The van der Waals surface area contributed by atoms with Crippen LogP contribution in [0.3, 0.4) is 0 Å². The van der Waals surface area contributed by atoms with Gasteiger partial charge in [0.2, 0.25) is 5.91 Å². The van der Waals surface area contributed by atoms with Gasteiger partial charge in [0.25, 0.3) is 5.91 Å². The van der Waals surface area contributed by atoms with Crippen LogP contribution in [0.5, 0.6) is 0 Å². The number of aliphatic carboxylic acids is 1. The summed E-state index contributed by atoms with van der Waals surface area (Å²) >= 11 is 6.09. The molecule has 0 bridgehead atoms. The Hall–Kier alpha value is -2.08. The van der Waals surface area contributed by atoms with Crippen LogP contribution in [-0.2, 0) is 9.59 Å². The van der Waals surface area contributed by atoms with Crippen molar-refractivity contribution in [2.75, 3.05) is 19.4 Å². The van der Waals surface area contributed by atoms with Crippen molar-refractivity contribution < 1.29 is 19.5 Å². The summed E-state index contributed by atoms with van der Waals surface area (Å²) in [6, 6.07) is 4.60. The predicted molar refractivity (Wildman–Crippen MR) is 86.5 cm³/mol. The molecule has 0 radical (unpaired) electrons. The molecule has 2 N–H and O–H groups in total. The highest BCUT2D eigenvalue weighted by Crippen LogP contribution is 2.58. The molecule has 0 saturated heterocycles. The minimum Gasteiger partial charge on any atom is -0.481 e. The lowest BCUT2D eigenvalue weighted by Crippen LogP contribution is -2.22. The average Bonchev–Trinajstić information content (AvgIpc) is 3.01. The Bertz CT molecular complexity index is 685. The van der Waals surface area contributed by atoms with Crippen molar-refractivity contribution in [3.05, 3.63) is 28.8 Å². The van der Waals surface area contributed by atoms with Gasteiger partial charge in [-0.15, -0.1) is 0 Å². The number of carbonyl (C=O) groups is 3. The van der Waals surface area contributed by atoms with E-state index in [1.54, 1.807) is 34.0 Å². The number of carboxylic acids is 1. The van der Waals surface area contributed by atoms with Crippen molar-refractivity contribution in [1.82, 2.24) is 4.90 Å². The van der Waals surface area contributed by atoms with Crippen LogP contribution in [0.4, 0.5) is 5.69 Å². The lowest BCUT2D eigenvalue weighted by atomic mass is 10.1. The summed E-state index contributed by atoms with van der Waals surface area (Å²) in [6.07, 6.45) is 0. The third-order valence-corrected chi connectivity index (χ3v) is 4.56. The molecule has 1 aliphatic rings. The van der Waals surface area contributed by atoms with Crippen LogP contribution in [-0.4, -0.2) is 41.9 Å². The van der Waals surface area contributed by atoms with Gasteiger partial charge in [0, 0.05) is 19.8 Å². The summed E-state index contributed by atoms with van der Waals surface area (Å²) in [7, 11) is 3.24. The van der Waals surface area contributed by atoms with Crippen molar-refractivity contribution in [2.24, 2.45) is 17.3 Å². The average molecular weight is 339 g/mol. The molecule has 0 aromatic heterocycles. The molecule has 23 heavy (non-hydrogen) atoms. The molecular weight excluding hydrogens is 320 g/mol. The number of carbonyl (C=O) groups excluding carboxylic acids is 2. The van der Waals surface area contributed by atoms with E-state index in [1.165, 1.54) is 17.0 Å². The zero-order chi connectivity index (χ0) is 17.5. The molecule has 0 aliphatic heterocycles. The lowest BCUT2D eigenvalue weighted by molar-refractivity contribution is -0.140. The second-order valence-corrected chi connectivity index (χ2v) is 6.91. The van der Waals surface area contributed by atoms with E-state index < -0.39 is 23.2 Å². The van der Waals surface area contributed by atoms with Gasteiger partial charge in [-0.2, -0.15) is 0 Å². The van der Waals surface area contributed by atoms with Crippen molar-refractivity contribution >= 4 is 35.1 Å². The first kappa shape index (κ1) is 17.3. The molecule has 124 valence electrons. The first-order valence-electron chi connectivity index (χ1n) is 7.12. The maximum absolute atomic E-state index is 12.3. The van der Waals surface area contributed by atoms with Gasteiger partial charge in [0.1, 0.15) is 0 Å². The fraction of sp³-hybridized carbons (Fsp3) is 0.438. The zero-order valence-electron chi connectivity index (χ0n) is 13.4. The summed E-state index contributed by atoms with van der Waals surface area (Å²) in [4.78, 5) is 36.7. The topological polar surface area (TPSA) is 86.7 Å². The lowest BCUT2D eigenvalue weighted by Gasteiger charge is -2.13. The second kappa shape index (κ2) is 5.85. The SMILES string of the molecule is CN(C)C(=O)c1ccc(NC(=O)C2C(C(=O)O)C2(C)C)cc1Cl. The van der Waals surface area contributed by atoms with Crippen molar-refractivity contribution in [3.8, 4) is 0 Å². The summed E-state index contributed by atoms with van der Waals surface area (Å²) in [5, 5.41) is 12.0. The van der Waals surface area contributed by atoms with Crippen molar-refractivity contribution in [1.29, 1.82) is 0 Å². The molecule has 2 atom stereocenters. The highest BCUT2D eigenvalue weighted by Gasteiger charge is 2.65. The van der Waals surface area contributed by atoms with E-state index in [9.17, 15) is 14.4 Å². The van der Waals surface area contributed by atoms with Crippen LogP contribution in [0.15, 0.2) is 18.2 Å². The summed E-state index contributed by atoms with van der Waals surface area (Å²) in [6.45, 7) is 3.50. The fourth-order valence-electron chi connectivity index (χ4n) is 2.82. The van der Waals surface area contributed by atoms with E-state index in [4.69, 9.17) is 16.7 Å². The van der Waals surface area contributed by atoms with Gasteiger partial charge in [0.15, 0.2) is 0 Å². The van der Waals surface area contributed by atoms with Gasteiger partial charge in [-0.25, -0.2) is 0 Å². The van der Waals surface area contributed by atoms with E-state index in [1.807, 2.05) is 0 Å². The largest absolute Gasteiger partial charge is 0.481 e. The van der Waals surface area contributed by atoms with Crippen molar-refractivity contribution in [2.45, 2.75) is 13.8 Å². The van der Waals surface area contributed by atoms with Gasteiger partial charge in [0.05, 0.1) is 22.4 Å². The Morgan fingerprint density at radius 2 is 1.83 bits per heavy atom. The van der Waals surface area contributed by atoms with Crippen LogP contribution < -0.4 is 5.32 Å². The van der Waals surface area contributed by atoms with Gasteiger partial charge >= 0.3 is 5.97 Å². The van der Waals surface area contributed by atoms with E-state index in [-0.39, 0.29) is 16.8 Å². The Kier molecular flexibility index (Phi) is 4.39. The number of hydrogen-bond acceptors (Lipinski definition) is 3. The minimum atomic E-state index is -0.972. The monoisotopic (exact) mass is 338 g/mol. The summed E-state index contributed by atoms with van der Waals surface area (Å²) < 4.78 is 0. The molecule has 7 heteroatoms. The minimum absolute atomic E-state index is 0.228. The van der Waals surface area contributed by atoms with E-state index in [0.717, 1.165) is 0 Å². The quantitative estimate of drug-likeness (QED) is 0.882. The number of nitrogens with zero attached hydrogens (tertiary/aromatic N) is 1. The molecule has 1 aromatic carbocycles. The first-order chi connectivity index (χ1) is 10.6. The molecule has 2 rings (SSSR count). The van der Waals surface area contributed by atoms with Gasteiger partial charge in [-0.05, 0) is 23.6 Å². The van der Waals surface area contributed by atoms with E-state index in [0.29, 0.717) is 11.3 Å². The molecule has 1 fully saturated rings. The van der Waals surface area contributed by atoms with Gasteiger partial charge in [-0.1, -0.05) is 25.4 Å². The zero-order valence-corrected chi connectivity index (χ0v) is 14.1. The summed E-state index contributed by atoms with van der Waals surface area (Å²) in [5.74, 6) is -2.83. The Balaban J connectivity index is 2.13. The fourth-order valence-corrected chi connectivity index (χ4v) is 3.08. The van der Waals surface area contributed by atoms with E-state index >= 15 is 0 Å².